The lowest BCUT2D eigenvalue weighted by molar-refractivity contribution is -0.143. The van der Waals surface area contributed by atoms with Crippen molar-refractivity contribution >= 4 is 18.1 Å². The van der Waals surface area contributed by atoms with Gasteiger partial charge in [0, 0.05) is 25.7 Å². The highest BCUT2D eigenvalue weighted by Gasteiger charge is 2.39. The number of nitrogens with one attached hydrogen (secondary N) is 1. The SMILES string of the molecule is O=CN(Cc1ccccc1)[C@@H](Cc1cn(C(c2ccccc2)(c2ccccc2)c2ccccc2)cn1)C(=O)C(=O)NCC1CCCCC1. The highest BCUT2D eigenvalue weighted by Crippen LogP contribution is 2.40. The number of ketones is 1. The third-order valence-corrected chi connectivity index (χ3v) is 9.55. The molecule has 0 aliphatic heterocycles. The molecule has 7 heteroatoms. The van der Waals surface area contributed by atoms with E-state index in [1.165, 1.54) is 11.3 Å². The number of rotatable bonds is 14. The molecule has 0 radical (unpaired) electrons. The van der Waals surface area contributed by atoms with Crippen molar-refractivity contribution in [1.82, 2.24) is 19.8 Å². The molecule has 1 fully saturated rings. The molecule has 2 amide bonds. The molecule has 1 aromatic heterocycles. The molecular weight excluding hydrogens is 596 g/mol. The minimum atomic E-state index is -1.03. The Morgan fingerprint density at radius 2 is 1.31 bits per heavy atom. The van der Waals surface area contributed by atoms with Crippen LogP contribution in [0.5, 0.6) is 0 Å². The summed E-state index contributed by atoms with van der Waals surface area (Å²) >= 11 is 0. The molecule has 0 spiro atoms. The number of hydrogen-bond donors (Lipinski definition) is 1. The Morgan fingerprint density at radius 1 is 0.792 bits per heavy atom. The maximum atomic E-state index is 13.9. The largest absolute Gasteiger partial charge is 0.349 e. The topological polar surface area (TPSA) is 84.3 Å². The summed E-state index contributed by atoms with van der Waals surface area (Å²) in [5.41, 5.74) is 3.81. The number of carbonyl (C=O) groups is 3. The number of nitrogens with zero attached hydrogens (tertiary/aromatic N) is 3. The summed E-state index contributed by atoms with van der Waals surface area (Å²) in [6.07, 6.45) is 10.1. The molecule has 6 rings (SSSR count). The van der Waals surface area contributed by atoms with Crippen LogP contribution in [0, 0.1) is 5.92 Å². The number of carbonyl (C=O) groups excluding carboxylic acids is 3. The van der Waals surface area contributed by atoms with Crippen LogP contribution in [-0.2, 0) is 32.9 Å². The van der Waals surface area contributed by atoms with Crippen molar-refractivity contribution in [2.24, 2.45) is 5.92 Å². The van der Waals surface area contributed by atoms with Gasteiger partial charge in [-0.25, -0.2) is 4.98 Å². The Labute approximate surface area is 282 Å². The summed E-state index contributed by atoms with van der Waals surface area (Å²) in [5, 5.41) is 2.90. The molecule has 5 aromatic rings. The van der Waals surface area contributed by atoms with Crippen molar-refractivity contribution in [3.05, 3.63) is 162 Å². The molecule has 48 heavy (non-hydrogen) atoms. The van der Waals surface area contributed by atoms with Gasteiger partial charge < -0.3 is 14.8 Å². The molecule has 7 nitrogen and oxygen atoms in total. The minimum absolute atomic E-state index is 0.0860. The first-order valence-electron chi connectivity index (χ1n) is 16.9. The van der Waals surface area contributed by atoms with Crippen LogP contribution < -0.4 is 5.32 Å². The maximum absolute atomic E-state index is 13.9. The summed E-state index contributed by atoms with van der Waals surface area (Å²) in [4.78, 5) is 46.2. The van der Waals surface area contributed by atoms with Crippen LogP contribution in [-0.4, -0.2) is 45.1 Å². The quantitative estimate of drug-likeness (QED) is 0.0849. The van der Waals surface area contributed by atoms with Crippen LogP contribution in [0.1, 0.15) is 60.1 Å². The summed E-state index contributed by atoms with van der Waals surface area (Å²) in [5.74, 6) is -0.917. The van der Waals surface area contributed by atoms with Crippen LogP contribution in [0.25, 0.3) is 0 Å². The molecule has 0 saturated heterocycles. The van der Waals surface area contributed by atoms with Crippen LogP contribution in [0.15, 0.2) is 134 Å². The fourth-order valence-electron chi connectivity index (χ4n) is 7.08. The zero-order valence-electron chi connectivity index (χ0n) is 27.2. The lowest BCUT2D eigenvalue weighted by Gasteiger charge is -2.37. The number of imidazole rings is 1. The van der Waals surface area contributed by atoms with Gasteiger partial charge in [0.25, 0.3) is 5.91 Å². The fourth-order valence-corrected chi connectivity index (χ4v) is 7.08. The molecule has 1 aliphatic carbocycles. The molecular formula is C41H42N4O3. The minimum Gasteiger partial charge on any atom is -0.349 e. The Balaban J connectivity index is 1.37. The molecule has 1 saturated carbocycles. The number of amides is 2. The number of aromatic nitrogens is 2. The second-order valence-electron chi connectivity index (χ2n) is 12.6. The number of benzene rings is 4. The van der Waals surface area contributed by atoms with Gasteiger partial charge in [0.2, 0.25) is 12.2 Å². The summed E-state index contributed by atoms with van der Waals surface area (Å²) in [6, 6.07) is 39.3. The van der Waals surface area contributed by atoms with Crippen molar-refractivity contribution in [3.63, 3.8) is 0 Å². The maximum Gasteiger partial charge on any atom is 0.289 e. The lowest BCUT2D eigenvalue weighted by atomic mass is 9.77. The predicted octanol–water partition coefficient (Wildman–Crippen LogP) is 6.56. The van der Waals surface area contributed by atoms with E-state index in [9.17, 15) is 14.4 Å². The monoisotopic (exact) mass is 638 g/mol. The first kappa shape index (κ1) is 32.6. The van der Waals surface area contributed by atoms with E-state index in [0.717, 1.165) is 47.9 Å². The zero-order chi connectivity index (χ0) is 33.2. The first-order chi connectivity index (χ1) is 23.6. The fraction of sp³-hybridized carbons (Fsp3) is 0.268. The molecule has 0 unspecified atom stereocenters. The van der Waals surface area contributed by atoms with Crippen LogP contribution >= 0.6 is 0 Å². The van der Waals surface area contributed by atoms with Gasteiger partial charge in [-0.05, 0) is 41.0 Å². The molecule has 1 atom stereocenters. The second-order valence-corrected chi connectivity index (χ2v) is 12.6. The van der Waals surface area contributed by atoms with Crippen molar-refractivity contribution in [2.75, 3.05) is 6.54 Å². The average Bonchev–Trinajstić information content (AvgIpc) is 3.63. The Kier molecular flexibility index (Phi) is 10.6. The van der Waals surface area contributed by atoms with E-state index >= 15 is 0 Å². The van der Waals surface area contributed by atoms with E-state index in [-0.39, 0.29) is 13.0 Å². The molecule has 1 N–H and O–H groups in total. The van der Waals surface area contributed by atoms with Gasteiger partial charge in [0.1, 0.15) is 11.6 Å². The first-order valence-corrected chi connectivity index (χ1v) is 16.9. The Morgan fingerprint density at radius 3 is 1.83 bits per heavy atom. The van der Waals surface area contributed by atoms with E-state index in [4.69, 9.17) is 4.98 Å². The van der Waals surface area contributed by atoms with Gasteiger partial charge >= 0.3 is 0 Å². The summed E-state index contributed by atoms with van der Waals surface area (Å²) in [7, 11) is 0. The molecule has 244 valence electrons. The van der Waals surface area contributed by atoms with E-state index in [0.29, 0.717) is 24.6 Å². The van der Waals surface area contributed by atoms with Gasteiger partial charge in [-0.3, -0.25) is 14.4 Å². The smallest absolute Gasteiger partial charge is 0.289 e. The van der Waals surface area contributed by atoms with Gasteiger partial charge in [-0.2, -0.15) is 0 Å². The molecule has 0 bridgehead atoms. The third-order valence-electron chi connectivity index (χ3n) is 9.55. The van der Waals surface area contributed by atoms with Crippen molar-refractivity contribution in [2.45, 2.75) is 56.7 Å². The third kappa shape index (κ3) is 7.15. The Hall–Kier alpha value is -5.30. The van der Waals surface area contributed by atoms with E-state index < -0.39 is 23.3 Å². The van der Waals surface area contributed by atoms with Gasteiger partial charge in [-0.1, -0.05) is 141 Å². The van der Waals surface area contributed by atoms with E-state index in [1.54, 1.807) is 6.33 Å². The predicted molar refractivity (Wildman–Crippen MR) is 187 cm³/mol. The van der Waals surface area contributed by atoms with Crippen molar-refractivity contribution < 1.29 is 14.4 Å². The van der Waals surface area contributed by atoms with Gasteiger partial charge in [-0.15, -0.1) is 0 Å². The Bertz CT molecular complexity index is 1670. The second kappa shape index (κ2) is 15.5. The van der Waals surface area contributed by atoms with Crippen molar-refractivity contribution in [3.8, 4) is 0 Å². The highest BCUT2D eigenvalue weighted by molar-refractivity contribution is 6.38. The number of hydrogen-bond acceptors (Lipinski definition) is 4. The zero-order valence-corrected chi connectivity index (χ0v) is 27.2. The molecule has 4 aromatic carbocycles. The van der Waals surface area contributed by atoms with Gasteiger partial charge in [0.05, 0.1) is 12.0 Å². The summed E-state index contributed by atoms with van der Waals surface area (Å²) < 4.78 is 2.08. The van der Waals surface area contributed by atoms with E-state index in [2.05, 4.69) is 46.3 Å². The highest BCUT2D eigenvalue weighted by atomic mass is 16.2. The van der Waals surface area contributed by atoms with Crippen LogP contribution in [0.2, 0.25) is 0 Å². The van der Waals surface area contributed by atoms with Crippen LogP contribution in [0.3, 0.4) is 0 Å². The van der Waals surface area contributed by atoms with Crippen molar-refractivity contribution in [1.29, 1.82) is 0 Å². The molecule has 1 heterocycles. The van der Waals surface area contributed by atoms with E-state index in [1.807, 2.05) is 91.1 Å². The normalized spacial score (nSPS) is 14.2. The summed E-state index contributed by atoms with van der Waals surface area (Å²) in [6.45, 7) is 0.665. The van der Waals surface area contributed by atoms with Gasteiger partial charge in [0.15, 0.2) is 0 Å². The molecule has 1 aliphatic rings. The van der Waals surface area contributed by atoms with Crippen LogP contribution in [0.4, 0.5) is 0 Å². The average molecular weight is 639 g/mol. The standard InChI is InChI=1S/C41H42N4O3/c46-31-44(28-33-18-8-2-9-19-33)38(39(47)40(48)42-27-32-16-6-1-7-17-32)26-37-29-45(30-43-37)41(34-20-10-3-11-21-34,35-22-12-4-13-23-35)36-24-14-5-15-25-36/h2-5,8-15,18-25,29-32,38H,1,6-7,16-17,26-28H2,(H,42,48)/t38-/m0/s1. The lowest BCUT2D eigenvalue weighted by Crippen LogP contribution is -2.49. The number of Topliss-reactive ketones (excluding diaryl/α,β-unsaturated/α-hetero) is 1.